The van der Waals surface area contributed by atoms with Crippen LogP contribution < -0.4 is 15.4 Å². The van der Waals surface area contributed by atoms with E-state index in [4.69, 9.17) is 9.47 Å². The molecule has 1 saturated heterocycles. The van der Waals surface area contributed by atoms with E-state index in [1.54, 1.807) is 7.11 Å². The van der Waals surface area contributed by atoms with Gasteiger partial charge in [-0.1, -0.05) is 19.1 Å². The van der Waals surface area contributed by atoms with Crippen LogP contribution in [0.4, 0.5) is 0 Å². The van der Waals surface area contributed by atoms with Gasteiger partial charge in [-0.2, -0.15) is 0 Å². The van der Waals surface area contributed by atoms with Gasteiger partial charge in [-0.3, -0.25) is 4.99 Å². The number of guanidine groups is 1. The zero-order chi connectivity index (χ0) is 20.2. The zero-order valence-electron chi connectivity index (χ0n) is 18.5. The molecule has 2 rings (SSSR count). The first kappa shape index (κ1) is 26.0. The molecule has 1 aliphatic rings. The second-order valence-electron chi connectivity index (χ2n) is 7.68. The fourth-order valence-corrected chi connectivity index (χ4v) is 3.35. The number of benzene rings is 1. The minimum Gasteiger partial charge on any atom is -0.493 e. The minimum atomic E-state index is 0. The minimum absolute atomic E-state index is 0. The van der Waals surface area contributed by atoms with E-state index in [0.717, 1.165) is 42.7 Å². The average molecular weight is 518 g/mol. The zero-order valence-corrected chi connectivity index (χ0v) is 20.8. The summed E-state index contributed by atoms with van der Waals surface area (Å²) in [5, 5.41) is 6.84. The summed E-state index contributed by atoms with van der Waals surface area (Å²) in [6.45, 7) is 10.9. The van der Waals surface area contributed by atoms with Crippen LogP contribution in [0.15, 0.2) is 23.2 Å². The van der Waals surface area contributed by atoms with Gasteiger partial charge in [0.2, 0.25) is 0 Å². The average Bonchev–Trinajstić information content (AvgIpc) is 2.70. The van der Waals surface area contributed by atoms with Crippen molar-refractivity contribution in [2.24, 2.45) is 10.9 Å². The molecule has 0 aromatic heterocycles. The third kappa shape index (κ3) is 10.00. The molecule has 6 nitrogen and oxygen atoms in total. The lowest BCUT2D eigenvalue weighted by atomic mass is 9.99. The van der Waals surface area contributed by atoms with Gasteiger partial charge in [0.15, 0.2) is 5.96 Å². The normalized spacial score (nSPS) is 15.7. The summed E-state index contributed by atoms with van der Waals surface area (Å²) in [5.74, 6) is 2.64. The standard InChI is InChI=1S/C22H38N4O2.HI/c1-18-8-11-26(12-9-18)13-10-24-22(23-3)25-17-20-7-6-19(2)16-21(20)28-15-5-14-27-4;/h6-7,16,18H,5,8-15,17H2,1-4H3,(H2,23,24,25);1H. The summed E-state index contributed by atoms with van der Waals surface area (Å²) in [7, 11) is 3.53. The van der Waals surface area contributed by atoms with Gasteiger partial charge in [-0.15, -0.1) is 24.0 Å². The highest BCUT2D eigenvalue weighted by molar-refractivity contribution is 14.0. The Morgan fingerprint density at radius 2 is 1.97 bits per heavy atom. The Hall–Kier alpha value is -1.06. The van der Waals surface area contributed by atoms with Crippen LogP contribution in [0.5, 0.6) is 5.75 Å². The maximum Gasteiger partial charge on any atom is 0.191 e. The fourth-order valence-electron chi connectivity index (χ4n) is 3.35. The second kappa shape index (κ2) is 14.8. The van der Waals surface area contributed by atoms with Crippen molar-refractivity contribution >= 4 is 29.9 Å². The van der Waals surface area contributed by atoms with Crippen molar-refractivity contribution in [2.45, 2.75) is 39.7 Å². The molecular weight excluding hydrogens is 479 g/mol. The molecule has 1 aromatic rings. The Kier molecular flexibility index (Phi) is 13.3. The lowest BCUT2D eigenvalue weighted by molar-refractivity contribution is 0.171. The lowest BCUT2D eigenvalue weighted by Crippen LogP contribution is -2.43. The number of halogens is 1. The number of methoxy groups -OCH3 is 1. The van der Waals surface area contributed by atoms with Gasteiger partial charge in [-0.25, -0.2) is 0 Å². The molecule has 0 radical (unpaired) electrons. The van der Waals surface area contributed by atoms with Crippen molar-refractivity contribution in [3.63, 3.8) is 0 Å². The van der Waals surface area contributed by atoms with Gasteiger partial charge in [-0.05, 0) is 50.4 Å². The van der Waals surface area contributed by atoms with Gasteiger partial charge in [0.1, 0.15) is 5.75 Å². The summed E-state index contributed by atoms with van der Waals surface area (Å²) < 4.78 is 11.1. The number of rotatable bonds is 10. The van der Waals surface area contributed by atoms with Crippen LogP contribution in [-0.4, -0.2) is 64.4 Å². The smallest absolute Gasteiger partial charge is 0.191 e. The van der Waals surface area contributed by atoms with Gasteiger partial charge in [0, 0.05) is 52.4 Å². The molecule has 2 N–H and O–H groups in total. The van der Waals surface area contributed by atoms with Crippen LogP contribution in [0.25, 0.3) is 0 Å². The summed E-state index contributed by atoms with van der Waals surface area (Å²) in [6.07, 6.45) is 3.51. The van der Waals surface area contributed by atoms with E-state index >= 15 is 0 Å². The van der Waals surface area contributed by atoms with E-state index in [9.17, 15) is 0 Å². The highest BCUT2D eigenvalue weighted by Crippen LogP contribution is 2.20. The van der Waals surface area contributed by atoms with E-state index in [1.807, 2.05) is 7.05 Å². The highest BCUT2D eigenvalue weighted by atomic mass is 127. The van der Waals surface area contributed by atoms with Gasteiger partial charge < -0.3 is 25.0 Å². The predicted octanol–water partition coefficient (Wildman–Crippen LogP) is 3.43. The van der Waals surface area contributed by atoms with Crippen LogP contribution in [0.3, 0.4) is 0 Å². The Morgan fingerprint density at radius 3 is 2.66 bits per heavy atom. The van der Waals surface area contributed by atoms with E-state index in [1.165, 1.54) is 31.5 Å². The molecule has 0 unspecified atom stereocenters. The molecule has 166 valence electrons. The molecule has 0 amide bonds. The van der Waals surface area contributed by atoms with Crippen LogP contribution >= 0.6 is 24.0 Å². The van der Waals surface area contributed by atoms with Crippen molar-refractivity contribution in [3.05, 3.63) is 29.3 Å². The van der Waals surface area contributed by atoms with E-state index < -0.39 is 0 Å². The van der Waals surface area contributed by atoms with Crippen molar-refractivity contribution in [2.75, 3.05) is 53.6 Å². The van der Waals surface area contributed by atoms with Crippen LogP contribution in [0.2, 0.25) is 0 Å². The van der Waals surface area contributed by atoms with Crippen LogP contribution in [0.1, 0.15) is 37.3 Å². The molecule has 0 aliphatic carbocycles. The van der Waals surface area contributed by atoms with Crippen LogP contribution in [0, 0.1) is 12.8 Å². The van der Waals surface area contributed by atoms with Gasteiger partial charge >= 0.3 is 0 Å². The monoisotopic (exact) mass is 518 g/mol. The van der Waals surface area contributed by atoms with E-state index in [0.29, 0.717) is 19.8 Å². The Labute approximate surface area is 193 Å². The Balaban J connectivity index is 0.00000420. The molecule has 1 fully saturated rings. The molecule has 1 heterocycles. The molecule has 0 spiro atoms. The lowest BCUT2D eigenvalue weighted by Gasteiger charge is -2.30. The largest absolute Gasteiger partial charge is 0.493 e. The topological polar surface area (TPSA) is 58.1 Å². The number of nitrogens with one attached hydrogen (secondary N) is 2. The number of aliphatic imine (C=N–C) groups is 1. The number of aryl methyl sites for hydroxylation is 1. The second-order valence-corrected chi connectivity index (χ2v) is 7.68. The molecule has 29 heavy (non-hydrogen) atoms. The molecule has 1 aliphatic heterocycles. The highest BCUT2D eigenvalue weighted by Gasteiger charge is 2.15. The summed E-state index contributed by atoms with van der Waals surface area (Å²) in [5.41, 5.74) is 2.33. The number of hydrogen-bond donors (Lipinski definition) is 2. The Morgan fingerprint density at radius 1 is 1.21 bits per heavy atom. The summed E-state index contributed by atoms with van der Waals surface area (Å²) in [6, 6.07) is 6.33. The number of ether oxygens (including phenoxy) is 2. The number of hydrogen-bond acceptors (Lipinski definition) is 4. The first-order chi connectivity index (χ1) is 13.6. The first-order valence-electron chi connectivity index (χ1n) is 10.5. The molecule has 0 saturated carbocycles. The quantitative estimate of drug-likeness (QED) is 0.215. The number of nitrogens with zero attached hydrogens (tertiary/aromatic N) is 2. The third-order valence-corrected chi connectivity index (χ3v) is 5.24. The molecule has 1 aromatic carbocycles. The van der Waals surface area contributed by atoms with Crippen molar-refractivity contribution in [1.29, 1.82) is 0 Å². The molecule has 7 heteroatoms. The molecule has 0 bridgehead atoms. The maximum absolute atomic E-state index is 5.97. The van der Waals surface area contributed by atoms with Crippen molar-refractivity contribution in [3.8, 4) is 5.75 Å². The maximum atomic E-state index is 5.97. The number of piperidine rings is 1. The molecular formula is C22H39IN4O2. The number of likely N-dealkylation sites (tertiary alicyclic amines) is 1. The third-order valence-electron chi connectivity index (χ3n) is 5.24. The van der Waals surface area contributed by atoms with Crippen molar-refractivity contribution in [1.82, 2.24) is 15.5 Å². The van der Waals surface area contributed by atoms with E-state index in [-0.39, 0.29) is 24.0 Å². The SMILES string of the molecule is CN=C(NCCN1CCC(C)CC1)NCc1ccc(C)cc1OCCCOC.I. The molecule has 0 atom stereocenters. The van der Waals surface area contributed by atoms with Gasteiger partial charge in [0.05, 0.1) is 6.61 Å². The fraction of sp³-hybridized carbons (Fsp3) is 0.682. The summed E-state index contributed by atoms with van der Waals surface area (Å²) in [4.78, 5) is 6.88. The first-order valence-corrected chi connectivity index (χ1v) is 10.5. The van der Waals surface area contributed by atoms with E-state index in [2.05, 4.69) is 52.6 Å². The van der Waals surface area contributed by atoms with Crippen LogP contribution in [-0.2, 0) is 11.3 Å². The predicted molar refractivity (Wildman–Crippen MR) is 132 cm³/mol. The summed E-state index contributed by atoms with van der Waals surface area (Å²) >= 11 is 0. The Bertz CT molecular complexity index is 604. The van der Waals surface area contributed by atoms with Crippen molar-refractivity contribution < 1.29 is 9.47 Å². The van der Waals surface area contributed by atoms with Gasteiger partial charge in [0.25, 0.3) is 0 Å².